The van der Waals surface area contributed by atoms with Crippen LogP contribution in [0.15, 0.2) is 59.1 Å². The third-order valence-corrected chi connectivity index (χ3v) is 3.46. The maximum Gasteiger partial charge on any atom is 0.257 e. The molecule has 0 bridgehead atoms. The maximum atomic E-state index is 12.1. The van der Waals surface area contributed by atoms with Crippen LogP contribution < -0.4 is 5.32 Å². The second-order valence-electron chi connectivity index (χ2n) is 5.22. The lowest BCUT2D eigenvalue weighted by Crippen LogP contribution is -2.25. The fraction of sp³-hybridized carbons (Fsp3) is 0.167. The van der Waals surface area contributed by atoms with Crippen molar-refractivity contribution >= 4 is 5.91 Å². The number of amides is 1. The van der Waals surface area contributed by atoms with Gasteiger partial charge in [-0.15, -0.1) is 0 Å². The van der Waals surface area contributed by atoms with E-state index in [-0.39, 0.29) is 5.91 Å². The Hall–Kier alpha value is -2.95. The predicted octanol–water partition coefficient (Wildman–Crippen LogP) is 3.02. The van der Waals surface area contributed by atoms with E-state index in [0.717, 1.165) is 12.0 Å². The van der Waals surface area contributed by atoms with Crippen LogP contribution in [-0.4, -0.2) is 22.6 Å². The monoisotopic (exact) mass is 307 g/mol. The Morgan fingerprint density at radius 2 is 1.83 bits per heavy atom. The van der Waals surface area contributed by atoms with E-state index in [1.807, 2.05) is 30.3 Å². The lowest BCUT2D eigenvalue weighted by molar-refractivity contribution is 0.0954. The summed E-state index contributed by atoms with van der Waals surface area (Å²) in [5.74, 6) is 0.954. The smallest absolute Gasteiger partial charge is 0.257 e. The first-order valence-corrected chi connectivity index (χ1v) is 7.45. The standard InChI is InChI=1S/C18H17N3O2/c1-13-20-18(23-21-13)16-9-7-15(8-10-16)17(22)19-12-11-14-5-3-2-4-6-14/h2-10H,11-12H2,1H3,(H,19,22). The van der Waals surface area contributed by atoms with Crippen LogP contribution in [0.2, 0.25) is 0 Å². The molecule has 2 aromatic carbocycles. The van der Waals surface area contributed by atoms with Gasteiger partial charge in [-0.05, 0) is 43.2 Å². The summed E-state index contributed by atoms with van der Waals surface area (Å²) in [6.45, 7) is 2.37. The number of hydrogen-bond donors (Lipinski definition) is 1. The van der Waals surface area contributed by atoms with Crippen LogP contribution in [0.4, 0.5) is 0 Å². The van der Waals surface area contributed by atoms with Crippen LogP contribution in [0.1, 0.15) is 21.7 Å². The van der Waals surface area contributed by atoms with Crippen molar-refractivity contribution in [1.82, 2.24) is 15.5 Å². The molecule has 0 aliphatic carbocycles. The van der Waals surface area contributed by atoms with Gasteiger partial charge in [0.05, 0.1) is 0 Å². The van der Waals surface area contributed by atoms with Gasteiger partial charge in [0.1, 0.15) is 0 Å². The van der Waals surface area contributed by atoms with Gasteiger partial charge in [0.25, 0.3) is 11.8 Å². The Morgan fingerprint density at radius 3 is 2.48 bits per heavy atom. The van der Waals surface area contributed by atoms with Crippen molar-refractivity contribution in [3.63, 3.8) is 0 Å². The number of carbonyl (C=O) groups is 1. The summed E-state index contributed by atoms with van der Waals surface area (Å²) in [5.41, 5.74) is 2.61. The molecule has 5 nitrogen and oxygen atoms in total. The lowest BCUT2D eigenvalue weighted by atomic mass is 10.1. The summed E-state index contributed by atoms with van der Waals surface area (Å²) < 4.78 is 5.10. The van der Waals surface area contributed by atoms with Crippen LogP contribution in [0.3, 0.4) is 0 Å². The molecule has 0 saturated heterocycles. The summed E-state index contributed by atoms with van der Waals surface area (Å²) in [6, 6.07) is 17.2. The SMILES string of the molecule is Cc1noc(-c2ccc(C(=O)NCCc3ccccc3)cc2)n1. The first-order valence-electron chi connectivity index (χ1n) is 7.45. The van der Waals surface area contributed by atoms with Crippen molar-refractivity contribution < 1.29 is 9.32 Å². The summed E-state index contributed by atoms with van der Waals surface area (Å²) in [7, 11) is 0. The highest BCUT2D eigenvalue weighted by Gasteiger charge is 2.09. The molecule has 0 aliphatic rings. The first-order chi connectivity index (χ1) is 11.2. The van der Waals surface area contributed by atoms with Crippen molar-refractivity contribution in [3.05, 3.63) is 71.5 Å². The van der Waals surface area contributed by atoms with Gasteiger partial charge in [-0.3, -0.25) is 4.79 Å². The fourth-order valence-electron chi connectivity index (χ4n) is 2.25. The number of hydrogen-bond acceptors (Lipinski definition) is 4. The highest BCUT2D eigenvalue weighted by Crippen LogP contribution is 2.17. The minimum atomic E-state index is -0.0887. The van der Waals surface area contributed by atoms with E-state index in [9.17, 15) is 4.79 Å². The molecule has 0 fully saturated rings. The number of nitrogens with zero attached hydrogens (tertiary/aromatic N) is 2. The number of rotatable bonds is 5. The van der Waals surface area contributed by atoms with E-state index in [1.54, 1.807) is 31.2 Å². The van der Waals surface area contributed by atoms with Crippen LogP contribution in [0.25, 0.3) is 11.5 Å². The summed E-state index contributed by atoms with van der Waals surface area (Å²) in [4.78, 5) is 16.3. The zero-order chi connectivity index (χ0) is 16.1. The summed E-state index contributed by atoms with van der Waals surface area (Å²) in [6.07, 6.45) is 0.811. The van der Waals surface area contributed by atoms with Gasteiger partial charge in [-0.1, -0.05) is 35.5 Å². The van der Waals surface area contributed by atoms with E-state index in [2.05, 4.69) is 15.5 Å². The van der Waals surface area contributed by atoms with Crippen molar-refractivity contribution in [3.8, 4) is 11.5 Å². The molecule has 0 unspecified atom stereocenters. The van der Waals surface area contributed by atoms with Crippen LogP contribution >= 0.6 is 0 Å². The number of benzene rings is 2. The van der Waals surface area contributed by atoms with Crippen molar-refractivity contribution in [2.45, 2.75) is 13.3 Å². The van der Waals surface area contributed by atoms with E-state index in [4.69, 9.17) is 4.52 Å². The molecular weight excluding hydrogens is 290 g/mol. The maximum absolute atomic E-state index is 12.1. The van der Waals surface area contributed by atoms with Gasteiger partial charge in [-0.2, -0.15) is 4.98 Å². The lowest BCUT2D eigenvalue weighted by Gasteiger charge is -2.05. The summed E-state index contributed by atoms with van der Waals surface area (Å²) >= 11 is 0. The molecule has 0 aliphatic heterocycles. The van der Waals surface area contributed by atoms with Crippen molar-refractivity contribution in [2.75, 3.05) is 6.54 Å². The number of aryl methyl sites for hydroxylation is 1. The van der Waals surface area contributed by atoms with E-state index in [1.165, 1.54) is 5.56 Å². The minimum absolute atomic E-state index is 0.0887. The first kappa shape index (κ1) is 15.0. The van der Waals surface area contributed by atoms with Crippen LogP contribution in [-0.2, 0) is 6.42 Å². The van der Waals surface area contributed by atoms with Crippen molar-refractivity contribution in [1.29, 1.82) is 0 Å². The second-order valence-corrected chi connectivity index (χ2v) is 5.22. The molecule has 3 rings (SSSR count). The third-order valence-electron chi connectivity index (χ3n) is 3.46. The quantitative estimate of drug-likeness (QED) is 0.786. The Morgan fingerprint density at radius 1 is 1.09 bits per heavy atom. The number of carbonyl (C=O) groups excluding carboxylic acids is 1. The molecule has 1 heterocycles. The van der Waals surface area contributed by atoms with E-state index in [0.29, 0.717) is 23.8 Å². The zero-order valence-electron chi connectivity index (χ0n) is 12.8. The Bertz CT molecular complexity index is 780. The molecule has 0 saturated carbocycles. The normalized spacial score (nSPS) is 10.5. The van der Waals surface area contributed by atoms with E-state index >= 15 is 0 Å². The third kappa shape index (κ3) is 3.83. The average Bonchev–Trinajstić information content (AvgIpc) is 3.02. The highest BCUT2D eigenvalue weighted by molar-refractivity contribution is 5.94. The predicted molar refractivity (Wildman–Crippen MR) is 87.0 cm³/mol. The molecule has 0 spiro atoms. The second kappa shape index (κ2) is 6.87. The Balaban J connectivity index is 1.57. The van der Waals surface area contributed by atoms with E-state index < -0.39 is 0 Å². The molecule has 1 amide bonds. The average molecular weight is 307 g/mol. The largest absolute Gasteiger partial charge is 0.352 e. The fourth-order valence-corrected chi connectivity index (χ4v) is 2.25. The molecule has 1 aromatic heterocycles. The molecule has 5 heteroatoms. The minimum Gasteiger partial charge on any atom is -0.352 e. The van der Waals surface area contributed by atoms with Gasteiger partial charge in [0.15, 0.2) is 5.82 Å². The number of aromatic nitrogens is 2. The van der Waals surface area contributed by atoms with Gasteiger partial charge in [0, 0.05) is 17.7 Å². The zero-order valence-corrected chi connectivity index (χ0v) is 12.8. The molecule has 0 radical (unpaired) electrons. The molecule has 0 atom stereocenters. The summed E-state index contributed by atoms with van der Waals surface area (Å²) in [5, 5.41) is 6.67. The van der Waals surface area contributed by atoms with Crippen LogP contribution in [0.5, 0.6) is 0 Å². The highest BCUT2D eigenvalue weighted by atomic mass is 16.5. The molecule has 116 valence electrons. The number of nitrogens with one attached hydrogen (secondary N) is 1. The van der Waals surface area contributed by atoms with Crippen LogP contribution in [0, 0.1) is 6.92 Å². The molecule has 3 aromatic rings. The van der Waals surface area contributed by atoms with Gasteiger partial charge in [0.2, 0.25) is 0 Å². The topological polar surface area (TPSA) is 68.0 Å². The van der Waals surface area contributed by atoms with Gasteiger partial charge < -0.3 is 9.84 Å². The molecular formula is C18H17N3O2. The van der Waals surface area contributed by atoms with Gasteiger partial charge >= 0.3 is 0 Å². The molecule has 23 heavy (non-hydrogen) atoms. The van der Waals surface area contributed by atoms with Gasteiger partial charge in [-0.25, -0.2) is 0 Å². The Kier molecular flexibility index (Phi) is 4.47. The van der Waals surface area contributed by atoms with Crippen molar-refractivity contribution in [2.24, 2.45) is 0 Å². The molecule has 1 N–H and O–H groups in total. The Labute approximate surface area is 134 Å².